The molecule has 0 amide bonds. The highest BCUT2D eigenvalue weighted by molar-refractivity contribution is 5.68. The monoisotopic (exact) mass is 212 g/mol. The van der Waals surface area contributed by atoms with Crippen molar-refractivity contribution < 1.29 is 18.7 Å². The number of aliphatic carboxylic acids is 1. The number of carboxylic acid groups (broad SMARTS) is 1. The van der Waals surface area contributed by atoms with Gasteiger partial charge in [0, 0.05) is 0 Å². The van der Waals surface area contributed by atoms with Gasteiger partial charge in [-0.2, -0.15) is 0 Å². The summed E-state index contributed by atoms with van der Waals surface area (Å²) in [6.07, 6.45) is 0.635. The van der Waals surface area contributed by atoms with E-state index in [1.165, 1.54) is 6.08 Å². The van der Waals surface area contributed by atoms with Crippen molar-refractivity contribution in [3.8, 4) is 0 Å². The van der Waals surface area contributed by atoms with Crippen LogP contribution in [0.4, 0.5) is 8.78 Å². The maximum atomic E-state index is 12.9. The zero-order chi connectivity index (χ0) is 11.3. The number of halogens is 2. The van der Waals surface area contributed by atoms with E-state index in [4.69, 9.17) is 5.11 Å². The standard InChI is InChI=1S/C11H10F2O2/c12-11(13,8-10(14)15)7-6-9-4-2-1-3-5-9/h1-7H,8H2,(H,14,15)/b7-6+. The van der Waals surface area contributed by atoms with Crippen LogP contribution in [0.15, 0.2) is 36.4 Å². The van der Waals surface area contributed by atoms with Crippen LogP contribution in [-0.4, -0.2) is 17.0 Å². The number of hydrogen-bond donors (Lipinski definition) is 1. The summed E-state index contributed by atoms with van der Waals surface area (Å²) in [7, 11) is 0. The molecular weight excluding hydrogens is 202 g/mol. The quantitative estimate of drug-likeness (QED) is 0.833. The van der Waals surface area contributed by atoms with Crippen LogP contribution in [0.5, 0.6) is 0 Å². The summed E-state index contributed by atoms with van der Waals surface area (Å²) in [5.41, 5.74) is 0.613. The molecule has 0 saturated heterocycles. The lowest BCUT2D eigenvalue weighted by molar-refractivity contribution is -0.142. The van der Waals surface area contributed by atoms with Crippen molar-refractivity contribution >= 4 is 12.0 Å². The summed E-state index contributed by atoms with van der Waals surface area (Å²) in [5.74, 6) is -4.82. The molecule has 1 aromatic rings. The first-order chi connectivity index (χ1) is 6.99. The number of allylic oxidation sites excluding steroid dienone is 1. The van der Waals surface area contributed by atoms with Crippen LogP contribution >= 0.6 is 0 Å². The van der Waals surface area contributed by atoms with Gasteiger partial charge in [-0.25, -0.2) is 8.78 Å². The molecule has 0 saturated carbocycles. The van der Waals surface area contributed by atoms with Crippen molar-refractivity contribution in [2.24, 2.45) is 0 Å². The first kappa shape index (κ1) is 11.4. The lowest BCUT2D eigenvalue weighted by atomic mass is 10.1. The van der Waals surface area contributed by atoms with Gasteiger partial charge in [-0.05, 0) is 11.6 Å². The Morgan fingerprint density at radius 2 is 1.93 bits per heavy atom. The minimum atomic E-state index is -3.30. The van der Waals surface area contributed by atoms with Crippen molar-refractivity contribution in [2.75, 3.05) is 0 Å². The van der Waals surface area contributed by atoms with Crippen LogP contribution in [-0.2, 0) is 4.79 Å². The van der Waals surface area contributed by atoms with Gasteiger partial charge < -0.3 is 5.11 Å². The Kier molecular flexibility index (Phi) is 3.55. The maximum Gasteiger partial charge on any atom is 0.309 e. The Bertz CT molecular complexity index is 358. The van der Waals surface area contributed by atoms with Gasteiger partial charge >= 0.3 is 5.97 Å². The third kappa shape index (κ3) is 4.35. The molecule has 1 rings (SSSR count). The Morgan fingerprint density at radius 1 is 1.33 bits per heavy atom. The van der Waals surface area contributed by atoms with Gasteiger partial charge in [0.2, 0.25) is 0 Å². The van der Waals surface area contributed by atoms with Gasteiger partial charge in [0.05, 0.1) is 0 Å². The molecule has 80 valence electrons. The molecule has 0 unspecified atom stereocenters. The van der Waals surface area contributed by atoms with E-state index in [2.05, 4.69) is 0 Å². The highest BCUT2D eigenvalue weighted by atomic mass is 19.3. The van der Waals surface area contributed by atoms with E-state index in [0.29, 0.717) is 11.6 Å². The van der Waals surface area contributed by atoms with Crippen LogP contribution in [0.2, 0.25) is 0 Å². The van der Waals surface area contributed by atoms with E-state index in [1.54, 1.807) is 30.3 Å². The molecule has 0 bridgehead atoms. The molecule has 0 aliphatic heterocycles. The summed E-state index contributed by atoms with van der Waals surface area (Å²) in [6, 6.07) is 8.53. The van der Waals surface area contributed by atoms with E-state index in [1.807, 2.05) is 0 Å². The Hall–Kier alpha value is -1.71. The Labute approximate surface area is 85.9 Å². The molecule has 1 N–H and O–H groups in total. The molecule has 0 aliphatic rings. The molecule has 0 radical (unpaired) electrons. The maximum absolute atomic E-state index is 12.9. The van der Waals surface area contributed by atoms with Crippen LogP contribution < -0.4 is 0 Å². The summed E-state index contributed by atoms with van der Waals surface area (Å²) < 4.78 is 25.8. The summed E-state index contributed by atoms with van der Waals surface area (Å²) in [4.78, 5) is 10.1. The molecule has 0 atom stereocenters. The molecule has 1 aromatic carbocycles. The van der Waals surface area contributed by atoms with Crippen LogP contribution in [0.1, 0.15) is 12.0 Å². The zero-order valence-corrected chi connectivity index (χ0v) is 7.86. The number of benzene rings is 1. The fraction of sp³-hybridized carbons (Fsp3) is 0.182. The lowest BCUT2D eigenvalue weighted by Gasteiger charge is -2.07. The minimum absolute atomic E-state index is 0.608. The second-order valence-corrected chi connectivity index (χ2v) is 3.08. The topological polar surface area (TPSA) is 37.3 Å². The van der Waals surface area contributed by atoms with E-state index >= 15 is 0 Å². The van der Waals surface area contributed by atoms with Crippen LogP contribution in [0.25, 0.3) is 6.08 Å². The second-order valence-electron chi connectivity index (χ2n) is 3.08. The van der Waals surface area contributed by atoms with Gasteiger partial charge in [0.25, 0.3) is 5.92 Å². The molecule has 0 heterocycles. The fourth-order valence-corrected chi connectivity index (χ4v) is 1.04. The van der Waals surface area contributed by atoms with Gasteiger partial charge in [-0.1, -0.05) is 36.4 Å². The summed E-state index contributed by atoms with van der Waals surface area (Å²) in [6.45, 7) is 0. The smallest absolute Gasteiger partial charge is 0.309 e. The number of carboxylic acids is 1. The number of alkyl halides is 2. The predicted molar refractivity (Wildman–Crippen MR) is 52.7 cm³/mol. The van der Waals surface area contributed by atoms with E-state index < -0.39 is 18.3 Å². The first-order valence-electron chi connectivity index (χ1n) is 4.33. The van der Waals surface area contributed by atoms with Gasteiger partial charge in [0.15, 0.2) is 0 Å². The second kappa shape index (κ2) is 4.68. The minimum Gasteiger partial charge on any atom is -0.481 e. The normalized spacial score (nSPS) is 11.9. The SMILES string of the molecule is O=C(O)CC(F)(F)/C=C/c1ccccc1. The fourth-order valence-electron chi connectivity index (χ4n) is 1.04. The Balaban J connectivity index is 2.68. The lowest BCUT2D eigenvalue weighted by Crippen LogP contribution is -2.17. The average Bonchev–Trinajstić information content (AvgIpc) is 2.15. The highest BCUT2D eigenvalue weighted by Gasteiger charge is 2.28. The van der Waals surface area contributed by atoms with Crippen LogP contribution in [0, 0.1) is 0 Å². The number of carbonyl (C=O) groups is 1. The van der Waals surface area contributed by atoms with Gasteiger partial charge in [-0.3, -0.25) is 4.79 Å². The van der Waals surface area contributed by atoms with Crippen molar-refractivity contribution in [1.29, 1.82) is 0 Å². The van der Waals surface area contributed by atoms with Crippen molar-refractivity contribution in [3.05, 3.63) is 42.0 Å². The summed E-state index contributed by atoms with van der Waals surface area (Å²) >= 11 is 0. The van der Waals surface area contributed by atoms with E-state index in [0.717, 1.165) is 0 Å². The first-order valence-corrected chi connectivity index (χ1v) is 4.33. The van der Waals surface area contributed by atoms with E-state index in [9.17, 15) is 13.6 Å². The number of rotatable bonds is 4. The van der Waals surface area contributed by atoms with Gasteiger partial charge in [0.1, 0.15) is 6.42 Å². The molecule has 0 fully saturated rings. The molecule has 0 aliphatic carbocycles. The van der Waals surface area contributed by atoms with Crippen LogP contribution in [0.3, 0.4) is 0 Å². The third-order valence-corrected chi connectivity index (χ3v) is 1.71. The molecule has 0 aromatic heterocycles. The van der Waals surface area contributed by atoms with E-state index in [-0.39, 0.29) is 0 Å². The molecule has 15 heavy (non-hydrogen) atoms. The number of hydrogen-bond acceptors (Lipinski definition) is 1. The molecule has 0 spiro atoms. The van der Waals surface area contributed by atoms with Crippen molar-refractivity contribution in [3.63, 3.8) is 0 Å². The zero-order valence-electron chi connectivity index (χ0n) is 7.86. The van der Waals surface area contributed by atoms with Gasteiger partial charge in [-0.15, -0.1) is 0 Å². The predicted octanol–water partition coefficient (Wildman–Crippen LogP) is 2.81. The third-order valence-electron chi connectivity index (χ3n) is 1.71. The average molecular weight is 212 g/mol. The van der Waals surface area contributed by atoms with Crippen molar-refractivity contribution in [2.45, 2.75) is 12.3 Å². The largest absolute Gasteiger partial charge is 0.481 e. The highest BCUT2D eigenvalue weighted by Crippen LogP contribution is 2.21. The molecular formula is C11H10F2O2. The molecule has 4 heteroatoms. The molecule has 2 nitrogen and oxygen atoms in total. The van der Waals surface area contributed by atoms with Crippen molar-refractivity contribution in [1.82, 2.24) is 0 Å². The Morgan fingerprint density at radius 3 is 2.47 bits per heavy atom. The summed E-state index contributed by atoms with van der Waals surface area (Å²) in [5, 5.41) is 8.23.